The molecule has 3 aromatic carbocycles. The smallest absolute Gasteiger partial charge is 0.330 e. The topological polar surface area (TPSA) is 285 Å². The Balaban J connectivity index is 1.29. The van der Waals surface area contributed by atoms with Crippen LogP contribution in [0, 0.1) is 18.3 Å². The molecule has 0 bridgehead atoms. The van der Waals surface area contributed by atoms with Gasteiger partial charge >= 0.3 is 23.6 Å². The van der Waals surface area contributed by atoms with Gasteiger partial charge < -0.3 is 66.5 Å². The summed E-state index contributed by atoms with van der Waals surface area (Å²) in [6.07, 6.45) is -4.40. The summed E-state index contributed by atoms with van der Waals surface area (Å²) >= 11 is 0. The van der Waals surface area contributed by atoms with Gasteiger partial charge in [0.25, 0.3) is 14.1 Å². The van der Waals surface area contributed by atoms with Crippen LogP contribution >= 0.6 is 8.53 Å². The van der Waals surface area contributed by atoms with E-state index in [1.807, 2.05) is 107 Å². The number of hydrogen-bond donors (Lipinski definition) is 2. The second kappa shape index (κ2) is 33.6. The lowest BCUT2D eigenvalue weighted by atomic mass is 9.79. The molecule has 87 heavy (non-hydrogen) atoms. The fraction of sp³-hybridized carbons (Fsp3) is 0.557. The van der Waals surface area contributed by atoms with E-state index in [1.54, 1.807) is 21.1 Å². The molecule has 2 saturated heterocycles. The lowest BCUT2D eigenvalue weighted by Crippen LogP contribution is -2.66. The lowest BCUT2D eigenvalue weighted by molar-refractivity contribution is -0.279. The normalized spacial score (nSPS) is 21.0. The van der Waals surface area contributed by atoms with Gasteiger partial charge in [0.05, 0.1) is 79.6 Å². The average Bonchev–Trinajstić information content (AvgIpc) is 0.886. The van der Waals surface area contributed by atoms with Crippen LogP contribution in [0.5, 0.6) is 11.5 Å². The maximum atomic E-state index is 13.9. The molecule has 2 aliphatic heterocycles. The minimum atomic E-state index is -1.84. The summed E-state index contributed by atoms with van der Waals surface area (Å²) in [6.45, 7) is 14.9. The highest BCUT2D eigenvalue weighted by Gasteiger charge is 2.52. The number of carbonyl (C=O) groups excluding carboxylic acids is 4. The molecule has 8 atom stereocenters. The highest BCUT2D eigenvalue weighted by atomic mass is 31.2. The van der Waals surface area contributed by atoms with Crippen molar-refractivity contribution in [3.05, 3.63) is 128 Å². The van der Waals surface area contributed by atoms with Crippen molar-refractivity contribution >= 4 is 32.3 Å². The third-order valence-electron chi connectivity index (χ3n) is 14.1. The number of nitrogens with one attached hydrogen (secondary N) is 2. The van der Waals surface area contributed by atoms with Gasteiger partial charge in [0.1, 0.15) is 41.5 Å². The summed E-state index contributed by atoms with van der Waals surface area (Å²) in [5.41, 5.74) is -1.40. The van der Waals surface area contributed by atoms with Gasteiger partial charge in [-0.15, -0.1) is 0 Å². The zero-order valence-corrected chi connectivity index (χ0v) is 52.3. The summed E-state index contributed by atoms with van der Waals surface area (Å²) in [7, 11) is 1.36. The molecule has 2 fully saturated rings. The number of rotatable bonds is 33. The average molecular weight is 1240 g/mol. The van der Waals surface area contributed by atoms with Gasteiger partial charge in [0.15, 0.2) is 24.7 Å². The molecule has 2 aliphatic rings. The van der Waals surface area contributed by atoms with Gasteiger partial charge in [0, 0.05) is 71.2 Å². The molecule has 0 aliphatic carbocycles. The van der Waals surface area contributed by atoms with E-state index in [2.05, 4.69) is 25.9 Å². The number of nitriles is 1. The number of nitrogens with zero attached hydrogens (tertiary/aromatic N) is 4. The quantitative estimate of drug-likeness (QED) is 0.0197. The fourth-order valence-corrected chi connectivity index (χ4v) is 12.0. The Morgan fingerprint density at radius 3 is 1.93 bits per heavy atom. The molecule has 25 nitrogen and oxygen atoms in total. The van der Waals surface area contributed by atoms with Gasteiger partial charge in [-0.2, -0.15) is 5.26 Å². The predicted molar refractivity (Wildman–Crippen MR) is 316 cm³/mol. The fourth-order valence-electron chi connectivity index (χ4n) is 10.3. The zero-order chi connectivity index (χ0) is 63.3. The van der Waals surface area contributed by atoms with E-state index in [-0.39, 0.29) is 96.6 Å². The number of esters is 3. The molecular formula is C61H83N6O19P. The van der Waals surface area contributed by atoms with Crippen LogP contribution in [0.4, 0.5) is 0 Å². The minimum Gasteiger partial charge on any atom is -0.497 e. The molecule has 1 amide bonds. The number of H-pyrrole nitrogens is 1. The Labute approximate surface area is 508 Å². The first-order valence-corrected chi connectivity index (χ1v) is 29.9. The van der Waals surface area contributed by atoms with Gasteiger partial charge in [0.2, 0.25) is 5.91 Å². The minimum absolute atomic E-state index is 0.0164. The van der Waals surface area contributed by atoms with Crippen LogP contribution in [0.25, 0.3) is 0 Å². The van der Waals surface area contributed by atoms with Crippen molar-refractivity contribution in [2.45, 2.75) is 129 Å². The number of carbonyl (C=O) groups is 4. The van der Waals surface area contributed by atoms with E-state index in [4.69, 9.17) is 61.2 Å². The Hall–Kier alpha value is -6.66. The Kier molecular flexibility index (Phi) is 26.8. The van der Waals surface area contributed by atoms with Gasteiger partial charge in [-0.05, 0) is 75.6 Å². The number of benzene rings is 3. The van der Waals surface area contributed by atoms with Crippen molar-refractivity contribution in [2.24, 2.45) is 0 Å². The number of aromatic nitrogens is 2. The van der Waals surface area contributed by atoms with Gasteiger partial charge in [-0.3, -0.25) is 38.4 Å². The summed E-state index contributed by atoms with van der Waals surface area (Å²) in [5.74, 6) is -1.36. The highest BCUT2D eigenvalue weighted by Crippen LogP contribution is 2.49. The molecule has 0 radical (unpaired) electrons. The maximum Gasteiger partial charge on any atom is 0.330 e. The number of hydrogen-bond acceptors (Lipinski definition) is 22. The molecule has 3 heterocycles. The Bertz CT molecular complexity index is 2940. The van der Waals surface area contributed by atoms with Crippen molar-refractivity contribution in [1.29, 1.82) is 5.26 Å². The highest BCUT2D eigenvalue weighted by molar-refractivity contribution is 7.44. The Morgan fingerprint density at radius 2 is 1.37 bits per heavy atom. The molecular weight excluding hydrogens is 1150 g/mol. The number of methoxy groups -OCH3 is 2. The van der Waals surface area contributed by atoms with E-state index >= 15 is 0 Å². The summed E-state index contributed by atoms with van der Waals surface area (Å²) < 4.78 is 83.4. The van der Waals surface area contributed by atoms with Crippen LogP contribution in [0.15, 0.2) is 94.6 Å². The van der Waals surface area contributed by atoms with Crippen molar-refractivity contribution in [3.63, 3.8) is 0 Å². The molecule has 476 valence electrons. The molecule has 1 unspecified atom stereocenters. The lowest BCUT2D eigenvalue weighted by Gasteiger charge is -2.48. The summed E-state index contributed by atoms with van der Waals surface area (Å²) in [6, 6.07) is 26.0. The van der Waals surface area contributed by atoms with Gasteiger partial charge in [-0.1, -0.05) is 54.6 Å². The predicted octanol–water partition coefficient (Wildman–Crippen LogP) is 5.44. The third kappa shape index (κ3) is 19.4. The SMILES string of the molecule is COc1ccc(C(OC[C@]2(COP(OCCC#N)N(C(C)C)C(C)C)CN(CCOCCOCCO[C@@H]3O[C@H](COC(C)=O)[C@H](OC(C)=O)[C@H](OC(C)=O)[C@H]3NC(C)=O)C[C@H](n3cc(C)c(=O)[nH]c3=O)O2)(c2ccccc2)c2ccc(OC)cc2)cc1. The van der Waals surface area contributed by atoms with Crippen LogP contribution in [0.3, 0.4) is 0 Å². The molecule has 4 aromatic rings. The second-order valence-electron chi connectivity index (χ2n) is 21.4. The summed E-state index contributed by atoms with van der Waals surface area (Å²) in [4.78, 5) is 80.0. The molecule has 1 aromatic heterocycles. The van der Waals surface area contributed by atoms with Crippen molar-refractivity contribution in [1.82, 2.24) is 24.4 Å². The number of ether oxygens (including phenoxy) is 11. The number of amides is 1. The van der Waals surface area contributed by atoms with E-state index in [0.29, 0.717) is 18.0 Å². The van der Waals surface area contributed by atoms with Crippen molar-refractivity contribution in [3.8, 4) is 17.6 Å². The largest absolute Gasteiger partial charge is 0.497 e. The molecule has 0 spiro atoms. The molecule has 0 saturated carbocycles. The van der Waals surface area contributed by atoms with Gasteiger partial charge in [-0.25, -0.2) is 9.46 Å². The number of aryl methyl sites for hydroxylation is 1. The first-order valence-electron chi connectivity index (χ1n) is 28.7. The monoisotopic (exact) mass is 1230 g/mol. The molecule has 6 rings (SSSR count). The van der Waals surface area contributed by atoms with Crippen LogP contribution < -0.4 is 26.0 Å². The van der Waals surface area contributed by atoms with Crippen LogP contribution in [0.2, 0.25) is 0 Å². The van der Waals surface area contributed by atoms with E-state index in [9.17, 15) is 34.0 Å². The zero-order valence-electron chi connectivity index (χ0n) is 51.4. The van der Waals surface area contributed by atoms with Crippen LogP contribution in [-0.2, 0) is 76.5 Å². The number of morpholine rings is 1. The summed E-state index contributed by atoms with van der Waals surface area (Å²) in [5, 5.41) is 12.3. The molecule has 26 heteroatoms. The van der Waals surface area contributed by atoms with E-state index < -0.39 is 91.7 Å². The van der Waals surface area contributed by atoms with E-state index in [0.717, 1.165) is 30.5 Å². The second-order valence-corrected chi connectivity index (χ2v) is 22.9. The first-order chi connectivity index (χ1) is 41.6. The Morgan fingerprint density at radius 1 is 0.782 bits per heavy atom. The van der Waals surface area contributed by atoms with Crippen LogP contribution in [-0.4, -0.2) is 185 Å². The maximum absolute atomic E-state index is 13.9. The standard InChI is InChI=1S/C61H83N6O19P/c1-40(2)67(41(3)4)87(81-28-15-26-62)82-39-60(38-80-61(47-16-13-12-14-17-47,48-18-22-50(74-10)23-19-48)49-20-24-51(75-11)25-21-49)37-65(35-53(86-60)66-34-42(5)57(72)64-59(66)73)27-29-76-30-31-77-32-33-78-58-54(63-43(6)68)56(84-46(9)71)55(83-45(8)70)52(85-58)36-79-44(7)69/h12-14,16-25,34,40-41,52-56,58H,15,27-33,35-39H2,1-11H3,(H,63,68)(H,64,72,73)/t52-,53-,54-,55+,56-,58-,60+,87?/m1/s1. The number of aromatic amines is 1. The molecule has 2 N–H and O–H groups in total. The van der Waals surface area contributed by atoms with Crippen LogP contribution in [0.1, 0.15) is 90.3 Å². The first kappa shape index (κ1) is 69.4. The third-order valence-corrected chi connectivity index (χ3v) is 16.2. The van der Waals surface area contributed by atoms with Crippen molar-refractivity contribution < 1.29 is 80.3 Å². The van der Waals surface area contributed by atoms with E-state index in [1.165, 1.54) is 24.6 Å². The van der Waals surface area contributed by atoms with Crippen molar-refractivity contribution in [2.75, 3.05) is 93.3 Å².